The largest absolute Gasteiger partial charge is 0.348 e. The Balaban J connectivity index is 1.49. The van der Waals surface area contributed by atoms with Gasteiger partial charge in [0.05, 0.1) is 6.20 Å². The fraction of sp³-hybridized carbons (Fsp3) is 0.786. The van der Waals surface area contributed by atoms with Crippen LogP contribution in [0.5, 0.6) is 0 Å². The first-order valence-electron chi connectivity index (χ1n) is 7.63. The number of nitrogens with one attached hydrogen (secondary N) is 1. The molecule has 0 unspecified atom stereocenters. The Kier molecular flexibility index (Phi) is 4.00. The molecule has 1 aromatic rings. The van der Waals surface area contributed by atoms with Crippen LogP contribution < -0.4 is 5.32 Å². The predicted octanol–water partition coefficient (Wildman–Crippen LogP) is 0.952. The van der Waals surface area contributed by atoms with Crippen LogP contribution in [0, 0.1) is 0 Å². The predicted molar refractivity (Wildman–Crippen MR) is 75.3 cm³/mol. The lowest BCUT2D eigenvalue weighted by Crippen LogP contribution is -2.47. The van der Waals surface area contributed by atoms with Gasteiger partial charge in [-0.05, 0) is 25.7 Å². The third kappa shape index (κ3) is 2.85. The van der Waals surface area contributed by atoms with Crippen LogP contribution in [0.1, 0.15) is 49.0 Å². The Morgan fingerprint density at radius 2 is 1.95 bits per heavy atom. The smallest absolute Gasteiger partial charge is 0.271 e. The van der Waals surface area contributed by atoms with Crippen molar-refractivity contribution in [2.75, 3.05) is 13.1 Å². The Labute approximate surface area is 119 Å². The third-order valence-corrected chi connectivity index (χ3v) is 4.65. The summed E-state index contributed by atoms with van der Waals surface area (Å²) in [5.41, 5.74) is 0.531. The minimum absolute atomic E-state index is 0.0585. The third-order valence-electron chi connectivity index (χ3n) is 4.65. The topological polar surface area (TPSA) is 63.1 Å². The summed E-state index contributed by atoms with van der Waals surface area (Å²) in [4.78, 5) is 14.7. The molecule has 0 atom stereocenters. The van der Waals surface area contributed by atoms with Gasteiger partial charge in [0.25, 0.3) is 5.91 Å². The van der Waals surface area contributed by atoms with Gasteiger partial charge in [-0.25, -0.2) is 4.68 Å². The zero-order chi connectivity index (χ0) is 13.9. The molecule has 6 heteroatoms. The number of amides is 1. The van der Waals surface area contributed by atoms with Crippen molar-refractivity contribution in [3.63, 3.8) is 0 Å². The van der Waals surface area contributed by atoms with Gasteiger partial charge in [-0.1, -0.05) is 18.1 Å². The van der Waals surface area contributed by atoms with Crippen molar-refractivity contribution in [2.24, 2.45) is 7.05 Å². The lowest BCUT2D eigenvalue weighted by Gasteiger charge is -2.36. The second-order valence-electron chi connectivity index (χ2n) is 5.96. The van der Waals surface area contributed by atoms with E-state index >= 15 is 0 Å². The van der Waals surface area contributed by atoms with Crippen molar-refractivity contribution >= 4 is 5.91 Å². The van der Waals surface area contributed by atoms with E-state index in [4.69, 9.17) is 0 Å². The van der Waals surface area contributed by atoms with Crippen molar-refractivity contribution in [1.29, 1.82) is 0 Å². The fourth-order valence-corrected chi connectivity index (χ4v) is 3.43. The Morgan fingerprint density at radius 1 is 1.25 bits per heavy atom. The number of aromatic nitrogens is 3. The fourth-order valence-electron chi connectivity index (χ4n) is 3.43. The molecule has 1 aliphatic carbocycles. The van der Waals surface area contributed by atoms with E-state index in [1.54, 1.807) is 7.05 Å². The van der Waals surface area contributed by atoms with E-state index in [0.29, 0.717) is 5.69 Å². The van der Waals surface area contributed by atoms with Crippen LogP contribution in [0.3, 0.4) is 0 Å². The zero-order valence-electron chi connectivity index (χ0n) is 12.1. The molecule has 110 valence electrons. The Morgan fingerprint density at radius 3 is 2.55 bits per heavy atom. The standard InChI is InChI=1S/C14H23N5O/c1-18-13(10-15-17-18)14(20)16-11-6-8-19(9-7-11)12-4-2-3-5-12/h10-12H,2-9H2,1H3,(H,16,20). The van der Waals surface area contributed by atoms with Gasteiger partial charge in [-0.15, -0.1) is 5.10 Å². The molecule has 0 spiro atoms. The monoisotopic (exact) mass is 277 g/mol. The average molecular weight is 277 g/mol. The van der Waals surface area contributed by atoms with Crippen molar-refractivity contribution in [1.82, 2.24) is 25.2 Å². The van der Waals surface area contributed by atoms with Gasteiger partial charge in [0.2, 0.25) is 0 Å². The molecule has 1 saturated carbocycles. The highest BCUT2D eigenvalue weighted by Gasteiger charge is 2.28. The summed E-state index contributed by atoms with van der Waals surface area (Å²) >= 11 is 0. The first kappa shape index (κ1) is 13.5. The molecule has 2 heterocycles. The van der Waals surface area contributed by atoms with Crippen LogP contribution >= 0.6 is 0 Å². The van der Waals surface area contributed by atoms with E-state index in [1.807, 2.05) is 0 Å². The summed E-state index contributed by atoms with van der Waals surface area (Å²) in [5.74, 6) is -0.0585. The maximum absolute atomic E-state index is 12.1. The first-order chi connectivity index (χ1) is 9.74. The molecule has 0 radical (unpaired) electrons. The number of likely N-dealkylation sites (tertiary alicyclic amines) is 1. The summed E-state index contributed by atoms with van der Waals surface area (Å²) in [6.45, 7) is 2.22. The first-order valence-corrected chi connectivity index (χ1v) is 7.63. The van der Waals surface area contributed by atoms with E-state index in [2.05, 4.69) is 20.5 Å². The molecule has 20 heavy (non-hydrogen) atoms. The van der Waals surface area contributed by atoms with Crippen molar-refractivity contribution in [3.8, 4) is 0 Å². The van der Waals surface area contributed by atoms with Gasteiger partial charge in [0.1, 0.15) is 5.69 Å². The number of piperidine rings is 1. The summed E-state index contributed by atoms with van der Waals surface area (Å²) in [6.07, 6.45) is 9.10. The van der Waals surface area contributed by atoms with Gasteiger partial charge in [-0.2, -0.15) is 0 Å². The quantitative estimate of drug-likeness (QED) is 0.893. The molecule has 2 aliphatic rings. The highest BCUT2D eigenvalue weighted by Crippen LogP contribution is 2.26. The van der Waals surface area contributed by atoms with Crippen molar-refractivity contribution in [3.05, 3.63) is 11.9 Å². The van der Waals surface area contributed by atoms with Gasteiger partial charge in [0, 0.05) is 32.2 Å². The molecule has 1 N–H and O–H groups in total. The molecule has 3 rings (SSSR count). The van der Waals surface area contributed by atoms with E-state index in [0.717, 1.165) is 32.0 Å². The van der Waals surface area contributed by atoms with Crippen LogP contribution in [0.25, 0.3) is 0 Å². The van der Waals surface area contributed by atoms with Gasteiger partial charge in [-0.3, -0.25) is 4.79 Å². The van der Waals surface area contributed by atoms with E-state index in [-0.39, 0.29) is 11.9 Å². The minimum atomic E-state index is -0.0585. The van der Waals surface area contributed by atoms with E-state index in [9.17, 15) is 4.79 Å². The molecule has 0 bridgehead atoms. The molecule has 2 fully saturated rings. The van der Waals surface area contributed by atoms with Crippen LogP contribution in [0.2, 0.25) is 0 Å². The number of hydrogen-bond donors (Lipinski definition) is 1. The van der Waals surface area contributed by atoms with Crippen molar-refractivity contribution < 1.29 is 4.79 Å². The van der Waals surface area contributed by atoms with E-state index in [1.165, 1.54) is 36.6 Å². The molecule has 0 aromatic carbocycles. The van der Waals surface area contributed by atoms with Crippen LogP contribution in [0.15, 0.2) is 6.20 Å². The number of carbonyl (C=O) groups excluding carboxylic acids is 1. The molecule has 1 amide bonds. The molecular weight excluding hydrogens is 254 g/mol. The van der Waals surface area contributed by atoms with Gasteiger partial charge < -0.3 is 10.2 Å². The van der Waals surface area contributed by atoms with Crippen LogP contribution in [-0.4, -0.2) is 51.0 Å². The Bertz CT molecular complexity index is 458. The summed E-state index contributed by atoms with van der Waals surface area (Å²) in [7, 11) is 1.74. The SMILES string of the molecule is Cn1nncc1C(=O)NC1CCN(C2CCCC2)CC1. The van der Waals surface area contributed by atoms with E-state index < -0.39 is 0 Å². The highest BCUT2D eigenvalue weighted by atomic mass is 16.2. The number of nitrogens with zero attached hydrogens (tertiary/aromatic N) is 4. The lowest BCUT2D eigenvalue weighted by molar-refractivity contribution is 0.0883. The van der Waals surface area contributed by atoms with Gasteiger partial charge in [0.15, 0.2) is 0 Å². The molecule has 1 saturated heterocycles. The van der Waals surface area contributed by atoms with Gasteiger partial charge >= 0.3 is 0 Å². The normalized spacial score (nSPS) is 22.2. The highest BCUT2D eigenvalue weighted by molar-refractivity contribution is 5.92. The minimum Gasteiger partial charge on any atom is -0.348 e. The zero-order valence-corrected chi connectivity index (χ0v) is 12.1. The summed E-state index contributed by atoms with van der Waals surface area (Å²) in [5, 5.41) is 10.6. The molecule has 1 aromatic heterocycles. The summed E-state index contributed by atoms with van der Waals surface area (Å²) < 4.78 is 1.52. The van der Waals surface area contributed by atoms with Crippen molar-refractivity contribution in [2.45, 2.75) is 50.6 Å². The number of rotatable bonds is 3. The summed E-state index contributed by atoms with van der Waals surface area (Å²) in [6, 6.07) is 1.09. The number of hydrogen-bond acceptors (Lipinski definition) is 4. The Hall–Kier alpha value is -1.43. The van der Waals surface area contributed by atoms with Crippen LogP contribution in [0.4, 0.5) is 0 Å². The lowest BCUT2D eigenvalue weighted by atomic mass is 10.0. The molecule has 6 nitrogen and oxygen atoms in total. The van der Waals surface area contributed by atoms with Crippen LogP contribution in [-0.2, 0) is 7.05 Å². The number of carbonyl (C=O) groups is 1. The maximum Gasteiger partial charge on any atom is 0.271 e. The second-order valence-corrected chi connectivity index (χ2v) is 5.96. The molecule has 1 aliphatic heterocycles. The maximum atomic E-state index is 12.1. The molecular formula is C14H23N5O. The second kappa shape index (κ2) is 5.91. The average Bonchev–Trinajstić information content (AvgIpc) is 3.10. The number of aryl methyl sites for hydroxylation is 1.